The second-order valence-electron chi connectivity index (χ2n) is 4.32. The lowest BCUT2D eigenvalue weighted by Crippen LogP contribution is -2.23. The van der Waals surface area contributed by atoms with Gasteiger partial charge in [0.1, 0.15) is 0 Å². The average molecular weight is 320 g/mol. The van der Waals surface area contributed by atoms with Gasteiger partial charge in [-0.05, 0) is 41.9 Å². The number of nitrogens with one attached hydrogen (secondary N) is 1. The Bertz CT molecular complexity index is 596. The quantitative estimate of drug-likeness (QED) is 0.946. The summed E-state index contributed by atoms with van der Waals surface area (Å²) in [6, 6.07) is 5.67. The van der Waals surface area contributed by atoms with Crippen LogP contribution in [0.5, 0.6) is 0 Å². The van der Waals surface area contributed by atoms with Gasteiger partial charge in [0, 0.05) is 10.7 Å². The molecule has 0 bridgehead atoms. The smallest absolute Gasteiger partial charge is 0.252 e. The molecule has 2 aromatic rings. The zero-order chi connectivity index (χ0) is 13.8. The summed E-state index contributed by atoms with van der Waals surface area (Å²) in [5.41, 5.74) is 3.27. The fourth-order valence-corrected chi connectivity index (χ4v) is 2.02. The van der Waals surface area contributed by atoms with Crippen molar-refractivity contribution in [2.45, 2.75) is 20.4 Å². The van der Waals surface area contributed by atoms with Gasteiger partial charge in [0.25, 0.3) is 5.91 Å². The highest BCUT2D eigenvalue weighted by Crippen LogP contribution is 2.18. The van der Waals surface area contributed by atoms with Crippen molar-refractivity contribution in [2.75, 3.05) is 0 Å². The summed E-state index contributed by atoms with van der Waals surface area (Å²) in [6.07, 6.45) is 3.35. The topological polar surface area (TPSA) is 54.9 Å². The molecule has 1 amide bonds. The van der Waals surface area contributed by atoms with E-state index in [1.807, 2.05) is 32.0 Å². The van der Waals surface area contributed by atoms with E-state index in [1.165, 1.54) is 0 Å². The lowest BCUT2D eigenvalue weighted by Gasteiger charge is -2.07. The van der Waals surface area contributed by atoms with Crippen molar-refractivity contribution in [1.29, 1.82) is 0 Å². The molecule has 1 aromatic carbocycles. The minimum atomic E-state index is -0.127. The summed E-state index contributed by atoms with van der Waals surface area (Å²) in [6.45, 7) is 4.19. The SMILES string of the molecule is Cc1ccc(Br)c(C(=O)NCc2cnc(C)cn2)c1. The van der Waals surface area contributed by atoms with E-state index in [9.17, 15) is 4.79 Å². The Hall–Kier alpha value is -1.75. The predicted molar refractivity (Wildman–Crippen MR) is 76.8 cm³/mol. The molecule has 98 valence electrons. The van der Waals surface area contributed by atoms with Crippen LogP contribution in [0.4, 0.5) is 0 Å². The van der Waals surface area contributed by atoms with Gasteiger partial charge in [-0.25, -0.2) is 0 Å². The molecule has 1 aromatic heterocycles. The van der Waals surface area contributed by atoms with Gasteiger partial charge >= 0.3 is 0 Å². The van der Waals surface area contributed by atoms with Crippen molar-refractivity contribution in [2.24, 2.45) is 0 Å². The fraction of sp³-hybridized carbons (Fsp3) is 0.214. The fourth-order valence-electron chi connectivity index (χ4n) is 1.59. The average Bonchev–Trinajstić information content (AvgIpc) is 2.40. The number of nitrogens with zero attached hydrogens (tertiary/aromatic N) is 2. The van der Waals surface area contributed by atoms with Gasteiger partial charge in [0.05, 0.1) is 29.7 Å². The van der Waals surface area contributed by atoms with Gasteiger partial charge in [0.2, 0.25) is 0 Å². The number of halogens is 1. The third kappa shape index (κ3) is 3.61. The maximum absolute atomic E-state index is 12.1. The molecule has 0 spiro atoms. The molecule has 0 aliphatic heterocycles. The molecule has 19 heavy (non-hydrogen) atoms. The highest BCUT2D eigenvalue weighted by molar-refractivity contribution is 9.10. The minimum absolute atomic E-state index is 0.127. The molecule has 2 rings (SSSR count). The molecule has 0 atom stereocenters. The number of hydrogen-bond acceptors (Lipinski definition) is 3. The molecular weight excluding hydrogens is 306 g/mol. The third-order valence-corrected chi connectivity index (χ3v) is 3.32. The number of rotatable bonds is 3. The first kappa shape index (κ1) is 13.7. The molecule has 0 saturated heterocycles. The maximum atomic E-state index is 12.1. The van der Waals surface area contributed by atoms with Crippen LogP contribution in [0.2, 0.25) is 0 Å². The Morgan fingerprint density at radius 2 is 2.05 bits per heavy atom. The first-order valence-corrected chi connectivity index (χ1v) is 6.67. The maximum Gasteiger partial charge on any atom is 0.252 e. The van der Waals surface area contributed by atoms with Crippen LogP contribution in [0.1, 0.15) is 27.3 Å². The van der Waals surface area contributed by atoms with Crippen LogP contribution in [-0.4, -0.2) is 15.9 Å². The van der Waals surface area contributed by atoms with Crippen LogP contribution in [0.15, 0.2) is 35.1 Å². The van der Waals surface area contributed by atoms with E-state index >= 15 is 0 Å². The van der Waals surface area contributed by atoms with E-state index in [0.29, 0.717) is 12.1 Å². The van der Waals surface area contributed by atoms with E-state index in [2.05, 4.69) is 31.2 Å². The van der Waals surface area contributed by atoms with Crippen molar-refractivity contribution < 1.29 is 4.79 Å². The number of carbonyl (C=O) groups is 1. The van der Waals surface area contributed by atoms with Crippen molar-refractivity contribution in [3.05, 3.63) is 57.6 Å². The normalized spacial score (nSPS) is 10.3. The molecular formula is C14H14BrN3O. The Morgan fingerprint density at radius 1 is 1.26 bits per heavy atom. The number of benzene rings is 1. The summed E-state index contributed by atoms with van der Waals surface area (Å²) >= 11 is 3.38. The van der Waals surface area contributed by atoms with Crippen molar-refractivity contribution in [1.82, 2.24) is 15.3 Å². The summed E-state index contributed by atoms with van der Waals surface area (Å²) in [5.74, 6) is -0.127. The monoisotopic (exact) mass is 319 g/mol. The Kier molecular flexibility index (Phi) is 4.27. The van der Waals surface area contributed by atoms with Gasteiger partial charge in [-0.1, -0.05) is 11.6 Å². The lowest BCUT2D eigenvalue weighted by molar-refractivity contribution is 0.0949. The highest BCUT2D eigenvalue weighted by atomic mass is 79.9. The first-order chi connectivity index (χ1) is 9.06. The van der Waals surface area contributed by atoms with Crippen LogP contribution in [0.3, 0.4) is 0 Å². The molecule has 0 fully saturated rings. The van der Waals surface area contributed by atoms with Crippen LogP contribution >= 0.6 is 15.9 Å². The van der Waals surface area contributed by atoms with Gasteiger partial charge < -0.3 is 5.32 Å². The van der Waals surface area contributed by atoms with Gasteiger partial charge in [-0.2, -0.15) is 0 Å². The lowest BCUT2D eigenvalue weighted by atomic mass is 10.1. The Morgan fingerprint density at radius 3 is 2.74 bits per heavy atom. The largest absolute Gasteiger partial charge is 0.346 e. The Balaban J connectivity index is 2.05. The number of aryl methyl sites for hydroxylation is 2. The van der Waals surface area contributed by atoms with E-state index in [0.717, 1.165) is 21.4 Å². The van der Waals surface area contributed by atoms with E-state index < -0.39 is 0 Å². The van der Waals surface area contributed by atoms with Crippen LogP contribution in [0, 0.1) is 13.8 Å². The zero-order valence-electron chi connectivity index (χ0n) is 10.8. The summed E-state index contributed by atoms with van der Waals surface area (Å²) < 4.78 is 0.783. The molecule has 0 radical (unpaired) electrons. The van der Waals surface area contributed by atoms with E-state index in [-0.39, 0.29) is 5.91 Å². The molecule has 4 nitrogen and oxygen atoms in total. The Labute approximate surface area is 120 Å². The van der Waals surface area contributed by atoms with Crippen LogP contribution in [-0.2, 0) is 6.54 Å². The molecule has 0 saturated carbocycles. The van der Waals surface area contributed by atoms with Gasteiger partial charge in [-0.15, -0.1) is 0 Å². The number of hydrogen-bond donors (Lipinski definition) is 1. The summed E-state index contributed by atoms with van der Waals surface area (Å²) in [5, 5.41) is 2.83. The first-order valence-electron chi connectivity index (χ1n) is 5.88. The molecule has 0 aliphatic carbocycles. The van der Waals surface area contributed by atoms with Crippen LogP contribution < -0.4 is 5.32 Å². The predicted octanol–water partition coefficient (Wildman–Crippen LogP) is 2.79. The van der Waals surface area contributed by atoms with Crippen molar-refractivity contribution >= 4 is 21.8 Å². The summed E-state index contributed by atoms with van der Waals surface area (Å²) in [7, 11) is 0. The number of aromatic nitrogens is 2. The zero-order valence-corrected chi connectivity index (χ0v) is 12.4. The van der Waals surface area contributed by atoms with E-state index in [1.54, 1.807) is 12.4 Å². The molecule has 0 unspecified atom stereocenters. The second kappa shape index (κ2) is 5.93. The minimum Gasteiger partial charge on any atom is -0.346 e. The van der Waals surface area contributed by atoms with Gasteiger partial charge in [0.15, 0.2) is 0 Å². The van der Waals surface area contributed by atoms with Crippen molar-refractivity contribution in [3.63, 3.8) is 0 Å². The molecule has 1 N–H and O–H groups in total. The number of carbonyl (C=O) groups excluding carboxylic acids is 1. The van der Waals surface area contributed by atoms with Crippen LogP contribution in [0.25, 0.3) is 0 Å². The molecule has 5 heteroatoms. The number of amides is 1. The van der Waals surface area contributed by atoms with E-state index in [4.69, 9.17) is 0 Å². The highest BCUT2D eigenvalue weighted by Gasteiger charge is 2.10. The van der Waals surface area contributed by atoms with Crippen molar-refractivity contribution in [3.8, 4) is 0 Å². The van der Waals surface area contributed by atoms with Gasteiger partial charge in [-0.3, -0.25) is 14.8 Å². The summed E-state index contributed by atoms with van der Waals surface area (Å²) in [4.78, 5) is 20.4. The molecule has 0 aliphatic rings. The standard InChI is InChI=1S/C14H14BrN3O/c1-9-3-4-13(15)12(5-9)14(19)18-8-11-7-16-10(2)6-17-11/h3-7H,8H2,1-2H3,(H,18,19). The third-order valence-electron chi connectivity index (χ3n) is 2.63. The molecule has 1 heterocycles. The second-order valence-corrected chi connectivity index (χ2v) is 5.17.